The van der Waals surface area contributed by atoms with Gasteiger partial charge in [0.05, 0.1) is 10.8 Å². The molecule has 0 spiro atoms. The van der Waals surface area contributed by atoms with E-state index in [4.69, 9.17) is 5.11 Å². The van der Waals surface area contributed by atoms with Gasteiger partial charge in [0.15, 0.2) is 0 Å². The molecular formula is C10H11N3O4. The van der Waals surface area contributed by atoms with E-state index in [0.717, 1.165) is 0 Å². The van der Waals surface area contributed by atoms with Crippen molar-refractivity contribution in [1.82, 2.24) is 4.98 Å². The number of aliphatic carboxylic acids is 1. The second-order valence-corrected chi connectivity index (χ2v) is 4.03. The highest BCUT2D eigenvalue weighted by molar-refractivity contribution is 5.74. The number of aryl methyl sites for hydroxylation is 1. The van der Waals surface area contributed by atoms with E-state index in [1.807, 2.05) is 0 Å². The number of hydrogen-bond acceptors (Lipinski definition) is 5. The zero-order chi connectivity index (χ0) is 12.6. The van der Waals surface area contributed by atoms with Crippen molar-refractivity contribution in [3.05, 3.63) is 27.9 Å². The molecule has 0 aliphatic carbocycles. The Morgan fingerprint density at radius 1 is 1.65 bits per heavy atom. The molecule has 0 bridgehead atoms. The molecule has 7 heteroatoms. The maximum absolute atomic E-state index is 10.7. The second kappa shape index (κ2) is 4.00. The predicted octanol–water partition coefficient (Wildman–Crippen LogP) is 0.819. The molecule has 2 rings (SSSR count). The van der Waals surface area contributed by atoms with Gasteiger partial charge in [-0.3, -0.25) is 14.9 Å². The van der Waals surface area contributed by atoms with Crippen LogP contribution in [0.3, 0.4) is 0 Å². The van der Waals surface area contributed by atoms with E-state index in [1.54, 1.807) is 11.8 Å². The van der Waals surface area contributed by atoms with E-state index < -0.39 is 10.9 Å². The van der Waals surface area contributed by atoms with Crippen molar-refractivity contribution in [2.24, 2.45) is 5.92 Å². The number of hydrogen-bond donors (Lipinski definition) is 1. The monoisotopic (exact) mass is 237 g/mol. The quantitative estimate of drug-likeness (QED) is 0.617. The van der Waals surface area contributed by atoms with Crippen LogP contribution in [-0.2, 0) is 4.79 Å². The lowest BCUT2D eigenvalue weighted by Crippen LogP contribution is -2.51. The third kappa shape index (κ3) is 2.03. The summed E-state index contributed by atoms with van der Waals surface area (Å²) in [5, 5.41) is 19.3. The molecule has 1 aliphatic rings. The fourth-order valence-electron chi connectivity index (χ4n) is 1.79. The molecule has 0 saturated carbocycles. The third-order valence-corrected chi connectivity index (χ3v) is 2.78. The number of carboxylic acids is 1. The van der Waals surface area contributed by atoms with E-state index in [9.17, 15) is 14.9 Å². The van der Waals surface area contributed by atoms with Gasteiger partial charge in [-0.2, -0.15) is 0 Å². The summed E-state index contributed by atoms with van der Waals surface area (Å²) >= 11 is 0. The summed E-state index contributed by atoms with van der Waals surface area (Å²) in [5.41, 5.74) is 0.629. The first-order valence-electron chi connectivity index (χ1n) is 5.08. The Hall–Kier alpha value is -2.18. The number of carbonyl (C=O) groups is 1. The van der Waals surface area contributed by atoms with Gasteiger partial charge in [0.25, 0.3) is 5.69 Å². The van der Waals surface area contributed by atoms with E-state index in [-0.39, 0.29) is 11.6 Å². The Morgan fingerprint density at radius 2 is 2.29 bits per heavy atom. The average molecular weight is 237 g/mol. The molecule has 1 saturated heterocycles. The lowest BCUT2D eigenvalue weighted by Gasteiger charge is -2.38. The Bertz CT molecular complexity index is 482. The van der Waals surface area contributed by atoms with Crippen LogP contribution in [0.2, 0.25) is 0 Å². The zero-order valence-corrected chi connectivity index (χ0v) is 9.16. The molecule has 1 aromatic heterocycles. The standard InChI is InChI=1S/C10H11N3O4/c1-6-2-8(13(16)17)3-11-9(6)12-4-7(5-12)10(14)15/h2-3,7H,4-5H2,1H3,(H,14,15). The Kier molecular flexibility index (Phi) is 2.66. The van der Waals surface area contributed by atoms with Gasteiger partial charge in [-0.1, -0.05) is 0 Å². The van der Waals surface area contributed by atoms with Crippen LogP contribution in [0, 0.1) is 23.0 Å². The van der Waals surface area contributed by atoms with E-state index >= 15 is 0 Å². The first kappa shape index (κ1) is 11.3. The molecule has 17 heavy (non-hydrogen) atoms. The summed E-state index contributed by atoms with van der Waals surface area (Å²) in [6.07, 6.45) is 1.19. The highest BCUT2D eigenvalue weighted by Crippen LogP contribution is 2.27. The maximum Gasteiger partial charge on any atom is 0.310 e. The van der Waals surface area contributed by atoms with Crippen molar-refractivity contribution in [2.45, 2.75) is 6.92 Å². The molecule has 1 aromatic rings. The van der Waals surface area contributed by atoms with Crippen molar-refractivity contribution < 1.29 is 14.8 Å². The number of nitro groups is 1. The highest BCUT2D eigenvalue weighted by atomic mass is 16.6. The molecule has 1 N–H and O–H groups in total. The minimum Gasteiger partial charge on any atom is -0.481 e. The van der Waals surface area contributed by atoms with Crippen molar-refractivity contribution in [3.63, 3.8) is 0 Å². The minimum absolute atomic E-state index is 0.0541. The number of pyridine rings is 1. The van der Waals surface area contributed by atoms with Gasteiger partial charge in [0, 0.05) is 19.2 Å². The molecule has 0 radical (unpaired) electrons. The normalized spacial score (nSPS) is 15.5. The van der Waals surface area contributed by atoms with Gasteiger partial charge >= 0.3 is 5.97 Å². The molecule has 0 amide bonds. The van der Waals surface area contributed by atoms with Gasteiger partial charge in [-0.25, -0.2) is 4.98 Å². The van der Waals surface area contributed by atoms with Crippen molar-refractivity contribution in [3.8, 4) is 0 Å². The summed E-state index contributed by atoms with van der Waals surface area (Å²) in [6.45, 7) is 2.53. The lowest BCUT2D eigenvalue weighted by molar-refractivity contribution is -0.385. The summed E-state index contributed by atoms with van der Waals surface area (Å²) in [7, 11) is 0. The van der Waals surface area contributed by atoms with E-state index in [1.165, 1.54) is 12.3 Å². The number of anilines is 1. The molecule has 2 heterocycles. The summed E-state index contributed by atoms with van der Waals surface area (Å²) < 4.78 is 0. The SMILES string of the molecule is Cc1cc([N+](=O)[O-])cnc1N1CC(C(=O)O)C1. The molecule has 1 aliphatic heterocycles. The van der Waals surface area contributed by atoms with Crippen molar-refractivity contribution >= 4 is 17.5 Å². The molecule has 0 aromatic carbocycles. The molecule has 7 nitrogen and oxygen atoms in total. The molecule has 90 valence electrons. The van der Waals surface area contributed by atoms with Crippen LogP contribution in [0.1, 0.15) is 5.56 Å². The van der Waals surface area contributed by atoms with Crippen LogP contribution in [0.25, 0.3) is 0 Å². The first-order chi connectivity index (χ1) is 7.99. The summed E-state index contributed by atoms with van der Waals surface area (Å²) in [5.74, 6) is -0.569. The summed E-state index contributed by atoms with van der Waals surface area (Å²) in [6, 6.07) is 1.44. The molecule has 0 atom stereocenters. The van der Waals surface area contributed by atoms with Crippen LogP contribution in [-0.4, -0.2) is 34.1 Å². The molecular weight excluding hydrogens is 226 g/mol. The van der Waals surface area contributed by atoms with Crippen molar-refractivity contribution in [1.29, 1.82) is 0 Å². The average Bonchev–Trinajstić information content (AvgIpc) is 2.17. The largest absolute Gasteiger partial charge is 0.481 e. The second-order valence-electron chi connectivity index (χ2n) is 4.03. The fraction of sp³-hybridized carbons (Fsp3) is 0.400. The van der Waals surface area contributed by atoms with Crippen LogP contribution in [0.4, 0.5) is 11.5 Å². The third-order valence-electron chi connectivity index (χ3n) is 2.78. The van der Waals surface area contributed by atoms with E-state index in [0.29, 0.717) is 24.5 Å². The highest BCUT2D eigenvalue weighted by Gasteiger charge is 2.34. The minimum atomic E-state index is -0.819. The van der Waals surface area contributed by atoms with E-state index in [2.05, 4.69) is 4.98 Å². The van der Waals surface area contributed by atoms with Gasteiger partial charge in [0.1, 0.15) is 12.0 Å². The first-order valence-corrected chi connectivity index (χ1v) is 5.08. The number of aromatic nitrogens is 1. The van der Waals surface area contributed by atoms with Gasteiger partial charge in [0.2, 0.25) is 0 Å². The fourth-order valence-corrected chi connectivity index (χ4v) is 1.79. The lowest BCUT2D eigenvalue weighted by atomic mass is 10.00. The Morgan fingerprint density at radius 3 is 2.76 bits per heavy atom. The van der Waals surface area contributed by atoms with Crippen LogP contribution < -0.4 is 4.90 Å². The maximum atomic E-state index is 10.7. The number of nitrogens with zero attached hydrogens (tertiary/aromatic N) is 3. The summed E-state index contributed by atoms with van der Waals surface area (Å²) in [4.78, 5) is 26.5. The zero-order valence-electron chi connectivity index (χ0n) is 9.16. The van der Waals surface area contributed by atoms with Crippen molar-refractivity contribution in [2.75, 3.05) is 18.0 Å². The van der Waals surface area contributed by atoms with Gasteiger partial charge in [-0.05, 0) is 12.5 Å². The van der Waals surface area contributed by atoms with Crippen LogP contribution in [0.15, 0.2) is 12.3 Å². The smallest absolute Gasteiger partial charge is 0.310 e. The number of carboxylic acid groups (broad SMARTS) is 1. The van der Waals surface area contributed by atoms with Crippen LogP contribution in [0.5, 0.6) is 0 Å². The Labute approximate surface area is 96.8 Å². The predicted molar refractivity (Wildman–Crippen MR) is 59.0 cm³/mol. The molecule has 1 fully saturated rings. The van der Waals surface area contributed by atoms with Crippen LogP contribution >= 0.6 is 0 Å². The Balaban J connectivity index is 2.14. The topological polar surface area (TPSA) is 96.6 Å². The van der Waals surface area contributed by atoms with Gasteiger partial charge < -0.3 is 10.0 Å². The van der Waals surface area contributed by atoms with Gasteiger partial charge in [-0.15, -0.1) is 0 Å². The molecule has 0 unspecified atom stereocenters. The number of rotatable bonds is 3.